The molecule has 0 bridgehead atoms. The van der Waals surface area contributed by atoms with Gasteiger partial charge in [-0.05, 0) is 29.8 Å². The second kappa shape index (κ2) is 6.97. The predicted octanol–water partition coefficient (Wildman–Crippen LogP) is 1.62. The number of aromatic nitrogens is 1. The van der Waals surface area contributed by atoms with Gasteiger partial charge in [-0.25, -0.2) is 13.1 Å². The summed E-state index contributed by atoms with van der Waals surface area (Å²) in [5.74, 6) is -0.0120. The number of rotatable bonds is 6. The molecule has 2 aromatic rings. The van der Waals surface area contributed by atoms with Crippen LogP contribution >= 0.6 is 0 Å². The normalized spacial score (nSPS) is 11.0. The van der Waals surface area contributed by atoms with Gasteiger partial charge < -0.3 is 0 Å². The third-order valence-corrected chi connectivity index (χ3v) is 4.23. The molecule has 2 rings (SSSR count). The minimum Gasteiger partial charge on any atom is -0.261 e. The number of nitrogens with one attached hydrogen (secondary N) is 1. The molecule has 1 heterocycles. The van der Waals surface area contributed by atoms with Gasteiger partial charge in [0.1, 0.15) is 0 Å². The van der Waals surface area contributed by atoms with Crippen molar-refractivity contribution in [1.29, 1.82) is 5.26 Å². The van der Waals surface area contributed by atoms with Crippen LogP contribution in [0.4, 0.5) is 0 Å². The monoisotopic (exact) mass is 301 g/mol. The molecule has 0 spiro atoms. The zero-order valence-electron chi connectivity index (χ0n) is 11.4. The van der Waals surface area contributed by atoms with Crippen molar-refractivity contribution in [3.63, 3.8) is 0 Å². The second-order valence-electron chi connectivity index (χ2n) is 4.52. The molecule has 21 heavy (non-hydrogen) atoms. The maximum Gasteiger partial charge on any atom is 0.212 e. The molecule has 0 radical (unpaired) electrons. The first kappa shape index (κ1) is 15.2. The molecule has 1 N–H and O–H groups in total. The van der Waals surface area contributed by atoms with Gasteiger partial charge in [-0.3, -0.25) is 4.98 Å². The summed E-state index contributed by atoms with van der Waals surface area (Å²) in [5.41, 5.74) is 2.02. The van der Waals surface area contributed by atoms with Crippen molar-refractivity contribution in [2.75, 3.05) is 5.75 Å². The molecule has 0 amide bonds. The first-order valence-electron chi connectivity index (χ1n) is 6.45. The lowest BCUT2D eigenvalue weighted by Gasteiger charge is -2.07. The Balaban J connectivity index is 1.90. The topological polar surface area (TPSA) is 82.9 Å². The molecule has 0 aliphatic rings. The highest BCUT2D eigenvalue weighted by Crippen LogP contribution is 2.05. The van der Waals surface area contributed by atoms with Crippen LogP contribution in [0.2, 0.25) is 0 Å². The van der Waals surface area contributed by atoms with Crippen LogP contribution in [0.3, 0.4) is 0 Å². The minimum absolute atomic E-state index is 0.0120. The first-order chi connectivity index (χ1) is 10.1. The largest absolute Gasteiger partial charge is 0.261 e. The van der Waals surface area contributed by atoms with Gasteiger partial charge in [0.25, 0.3) is 0 Å². The van der Waals surface area contributed by atoms with E-state index in [9.17, 15) is 8.42 Å². The lowest BCUT2D eigenvalue weighted by atomic mass is 10.1. The molecule has 1 aromatic carbocycles. The van der Waals surface area contributed by atoms with E-state index in [2.05, 4.69) is 9.71 Å². The number of pyridine rings is 1. The van der Waals surface area contributed by atoms with E-state index in [-0.39, 0.29) is 12.3 Å². The molecule has 1 aromatic heterocycles. The van der Waals surface area contributed by atoms with Gasteiger partial charge >= 0.3 is 0 Å². The molecule has 0 saturated carbocycles. The SMILES string of the molecule is N#Cc1cccc(CNS(=O)(=O)CCc2ccccn2)c1. The molecule has 0 unspecified atom stereocenters. The summed E-state index contributed by atoms with van der Waals surface area (Å²) < 4.78 is 26.4. The molecule has 6 heteroatoms. The van der Waals surface area contributed by atoms with Crippen molar-refractivity contribution in [3.8, 4) is 6.07 Å². The van der Waals surface area contributed by atoms with Crippen molar-refractivity contribution in [2.24, 2.45) is 0 Å². The van der Waals surface area contributed by atoms with Gasteiger partial charge in [0.2, 0.25) is 10.0 Å². The Kier molecular flexibility index (Phi) is 5.04. The lowest BCUT2D eigenvalue weighted by Crippen LogP contribution is -2.27. The fourth-order valence-corrected chi connectivity index (χ4v) is 2.81. The molecular weight excluding hydrogens is 286 g/mol. The van der Waals surface area contributed by atoms with Crippen LogP contribution in [0.15, 0.2) is 48.7 Å². The van der Waals surface area contributed by atoms with Crippen LogP contribution in [0.25, 0.3) is 0 Å². The van der Waals surface area contributed by atoms with E-state index in [0.29, 0.717) is 12.0 Å². The van der Waals surface area contributed by atoms with Crippen LogP contribution in [-0.4, -0.2) is 19.2 Å². The third-order valence-electron chi connectivity index (χ3n) is 2.91. The molecule has 108 valence electrons. The van der Waals surface area contributed by atoms with E-state index in [1.54, 1.807) is 42.6 Å². The Morgan fingerprint density at radius 2 is 2.05 bits per heavy atom. The van der Waals surface area contributed by atoms with Crippen LogP contribution in [0.5, 0.6) is 0 Å². The molecule has 0 aliphatic carbocycles. The van der Waals surface area contributed by atoms with Crippen molar-refractivity contribution in [1.82, 2.24) is 9.71 Å². The summed E-state index contributed by atoms with van der Waals surface area (Å²) in [6, 6.07) is 14.3. The van der Waals surface area contributed by atoms with E-state index < -0.39 is 10.0 Å². The summed E-state index contributed by atoms with van der Waals surface area (Å²) in [7, 11) is -3.37. The molecule has 5 nitrogen and oxygen atoms in total. The predicted molar refractivity (Wildman–Crippen MR) is 79.7 cm³/mol. The van der Waals surface area contributed by atoms with Crippen LogP contribution in [0.1, 0.15) is 16.8 Å². The zero-order chi connectivity index (χ0) is 15.1. The van der Waals surface area contributed by atoms with E-state index in [1.165, 1.54) is 0 Å². The van der Waals surface area contributed by atoms with Gasteiger partial charge in [0.05, 0.1) is 17.4 Å². The van der Waals surface area contributed by atoms with Crippen LogP contribution in [-0.2, 0) is 23.0 Å². The van der Waals surface area contributed by atoms with Gasteiger partial charge in [-0.15, -0.1) is 0 Å². The molecule has 0 saturated heterocycles. The minimum atomic E-state index is -3.37. The second-order valence-corrected chi connectivity index (χ2v) is 6.45. The fourth-order valence-electron chi connectivity index (χ4n) is 1.80. The summed E-state index contributed by atoms with van der Waals surface area (Å²) in [4.78, 5) is 4.09. The van der Waals surface area contributed by atoms with Crippen LogP contribution < -0.4 is 4.72 Å². The standard InChI is InChI=1S/C15H15N3O2S/c16-11-13-4-3-5-14(10-13)12-18-21(19,20)9-7-15-6-1-2-8-17-15/h1-6,8,10,18H,7,9,12H2. The van der Waals surface area contributed by atoms with Crippen molar-refractivity contribution < 1.29 is 8.42 Å². The number of aryl methyl sites for hydroxylation is 1. The number of nitrogens with zero attached hydrogens (tertiary/aromatic N) is 2. The summed E-state index contributed by atoms with van der Waals surface area (Å²) in [5, 5.41) is 8.80. The molecule has 0 fully saturated rings. The fraction of sp³-hybridized carbons (Fsp3) is 0.200. The maximum absolute atomic E-state index is 11.9. The van der Waals surface area contributed by atoms with Gasteiger partial charge in [-0.2, -0.15) is 5.26 Å². The van der Waals surface area contributed by atoms with Gasteiger partial charge in [0.15, 0.2) is 0 Å². The van der Waals surface area contributed by atoms with Gasteiger partial charge in [-0.1, -0.05) is 18.2 Å². The first-order valence-corrected chi connectivity index (χ1v) is 8.10. The highest BCUT2D eigenvalue weighted by molar-refractivity contribution is 7.89. The Bertz CT molecular complexity index is 737. The Labute approximate surface area is 124 Å². The maximum atomic E-state index is 11.9. The molecular formula is C15H15N3O2S. The molecule has 0 aliphatic heterocycles. The average molecular weight is 301 g/mol. The van der Waals surface area contributed by atoms with E-state index >= 15 is 0 Å². The average Bonchev–Trinajstić information content (AvgIpc) is 2.52. The van der Waals surface area contributed by atoms with Crippen molar-refractivity contribution in [3.05, 3.63) is 65.5 Å². The van der Waals surface area contributed by atoms with E-state index in [4.69, 9.17) is 5.26 Å². The summed E-state index contributed by atoms with van der Waals surface area (Å²) in [6.07, 6.45) is 2.01. The van der Waals surface area contributed by atoms with Gasteiger partial charge in [0, 0.05) is 24.9 Å². The number of hydrogen-bond donors (Lipinski definition) is 1. The van der Waals surface area contributed by atoms with Crippen molar-refractivity contribution in [2.45, 2.75) is 13.0 Å². The lowest BCUT2D eigenvalue weighted by molar-refractivity contribution is 0.580. The van der Waals surface area contributed by atoms with E-state index in [1.807, 2.05) is 12.1 Å². The third kappa shape index (κ3) is 4.99. The number of nitriles is 1. The highest BCUT2D eigenvalue weighted by Gasteiger charge is 2.10. The number of benzene rings is 1. The quantitative estimate of drug-likeness (QED) is 0.878. The van der Waals surface area contributed by atoms with Crippen molar-refractivity contribution >= 4 is 10.0 Å². The Hall–Kier alpha value is -2.23. The number of hydrogen-bond acceptors (Lipinski definition) is 4. The smallest absolute Gasteiger partial charge is 0.212 e. The van der Waals surface area contributed by atoms with E-state index in [0.717, 1.165) is 11.3 Å². The highest BCUT2D eigenvalue weighted by atomic mass is 32.2. The Morgan fingerprint density at radius 3 is 2.76 bits per heavy atom. The summed E-state index contributed by atoms with van der Waals surface area (Å²) >= 11 is 0. The number of sulfonamides is 1. The zero-order valence-corrected chi connectivity index (χ0v) is 12.2. The molecule has 0 atom stereocenters. The van der Waals surface area contributed by atoms with Crippen LogP contribution in [0, 0.1) is 11.3 Å². The Morgan fingerprint density at radius 1 is 1.19 bits per heavy atom. The summed E-state index contributed by atoms with van der Waals surface area (Å²) in [6.45, 7) is 0.181.